The Morgan fingerprint density at radius 1 is 1.25 bits per heavy atom. The normalized spacial score (nSPS) is 16.0. The van der Waals surface area contributed by atoms with Crippen LogP contribution in [0.1, 0.15) is 24.1 Å². The predicted molar refractivity (Wildman–Crippen MR) is 133 cm³/mol. The van der Waals surface area contributed by atoms with Crippen molar-refractivity contribution in [1.82, 2.24) is 4.57 Å². The van der Waals surface area contributed by atoms with E-state index in [1.165, 1.54) is 44.4 Å². The SMILES string of the molecule is CCOC(=O)C1=C(C(F)(F)F)N=c2s/c(=C\c3cc(Br)ccc3OC)c(=O)n2[C@H]1c1ccc(Cl)cc1. The Morgan fingerprint density at radius 2 is 1.94 bits per heavy atom. The molecule has 0 saturated carbocycles. The molecule has 1 atom stereocenters. The van der Waals surface area contributed by atoms with E-state index in [1.54, 1.807) is 18.2 Å². The van der Waals surface area contributed by atoms with Crippen LogP contribution in [0.3, 0.4) is 0 Å². The molecule has 188 valence electrons. The summed E-state index contributed by atoms with van der Waals surface area (Å²) in [6.45, 7) is 1.32. The van der Waals surface area contributed by atoms with E-state index in [1.807, 2.05) is 0 Å². The average Bonchev–Trinajstić information content (AvgIpc) is 3.13. The van der Waals surface area contributed by atoms with Crippen LogP contribution in [0, 0.1) is 0 Å². The maximum Gasteiger partial charge on any atom is 0.434 e. The fourth-order valence-corrected chi connectivity index (χ4v) is 5.26. The van der Waals surface area contributed by atoms with Crippen LogP contribution in [0.5, 0.6) is 5.75 Å². The number of nitrogens with zero attached hydrogens (tertiary/aromatic N) is 2. The van der Waals surface area contributed by atoms with Gasteiger partial charge in [0, 0.05) is 15.1 Å². The molecule has 2 heterocycles. The number of allylic oxidation sites excluding steroid dienone is 1. The molecular formula is C24H17BrClF3N2O4S. The fourth-order valence-electron chi connectivity index (χ4n) is 3.76. The number of hydrogen-bond donors (Lipinski definition) is 0. The minimum atomic E-state index is -4.98. The number of carbonyl (C=O) groups is 1. The van der Waals surface area contributed by atoms with Gasteiger partial charge in [-0.2, -0.15) is 13.2 Å². The molecular weight excluding hydrogens is 585 g/mol. The summed E-state index contributed by atoms with van der Waals surface area (Å²) < 4.78 is 54.6. The number of aromatic nitrogens is 1. The predicted octanol–water partition coefficient (Wildman–Crippen LogP) is 4.77. The number of methoxy groups -OCH3 is 1. The lowest BCUT2D eigenvalue weighted by atomic mass is 9.95. The van der Waals surface area contributed by atoms with E-state index < -0.39 is 35.0 Å². The Bertz CT molecular complexity index is 1550. The third-order valence-electron chi connectivity index (χ3n) is 5.26. The zero-order valence-corrected chi connectivity index (χ0v) is 21.9. The Hall–Kier alpha value is -2.89. The maximum atomic E-state index is 14.1. The molecule has 0 aliphatic carbocycles. The van der Waals surface area contributed by atoms with Crippen molar-refractivity contribution in [3.63, 3.8) is 0 Å². The number of halogens is 5. The first kappa shape index (κ1) is 26.2. The van der Waals surface area contributed by atoms with Gasteiger partial charge in [0.2, 0.25) is 0 Å². The molecule has 0 saturated heterocycles. The Kier molecular flexibility index (Phi) is 7.44. The molecule has 0 unspecified atom stereocenters. The highest BCUT2D eigenvalue weighted by Crippen LogP contribution is 2.38. The quantitative estimate of drug-likeness (QED) is 0.396. The summed E-state index contributed by atoms with van der Waals surface area (Å²) in [5.74, 6) is -0.752. The summed E-state index contributed by atoms with van der Waals surface area (Å²) >= 11 is 10.1. The van der Waals surface area contributed by atoms with Crippen molar-refractivity contribution in [3.05, 3.63) is 94.0 Å². The second-order valence-corrected chi connectivity index (χ2v) is 9.86. The van der Waals surface area contributed by atoms with Crippen molar-refractivity contribution >= 4 is 50.9 Å². The zero-order valence-electron chi connectivity index (χ0n) is 18.7. The lowest BCUT2D eigenvalue weighted by Crippen LogP contribution is -2.41. The molecule has 3 aromatic rings. The number of carbonyl (C=O) groups excluding carboxylic acids is 1. The number of benzene rings is 2. The summed E-state index contributed by atoms with van der Waals surface area (Å²) in [7, 11) is 1.46. The third kappa shape index (κ3) is 5.00. The van der Waals surface area contributed by atoms with Crippen molar-refractivity contribution in [1.29, 1.82) is 0 Å². The van der Waals surface area contributed by atoms with Gasteiger partial charge >= 0.3 is 12.1 Å². The minimum absolute atomic E-state index is 0.107. The van der Waals surface area contributed by atoms with Gasteiger partial charge in [-0.15, -0.1) is 0 Å². The van der Waals surface area contributed by atoms with Crippen molar-refractivity contribution in [2.45, 2.75) is 19.1 Å². The minimum Gasteiger partial charge on any atom is -0.496 e. The van der Waals surface area contributed by atoms with Crippen molar-refractivity contribution < 1.29 is 27.4 Å². The largest absolute Gasteiger partial charge is 0.496 e. The topological polar surface area (TPSA) is 69.9 Å². The van der Waals surface area contributed by atoms with Gasteiger partial charge in [-0.1, -0.05) is 51.0 Å². The van der Waals surface area contributed by atoms with Gasteiger partial charge in [-0.25, -0.2) is 9.79 Å². The molecule has 0 amide bonds. The molecule has 2 aromatic carbocycles. The highest BCUT2D eigenvalue weighted by atomic mass is 79.9. The van der Waals surface area contributed by atoms with Crippen LogP contribution in [0.25, 0.3) is 6.08 Å². The second kappa shape index (κ2) is 10.2. The standard InChI is InChI=1S/C24H17BrClF3N2O4S/c1-3-35-22(33)18-19(12-4-7-15(26)8-5-12)31-21(32)17(36-23(31)30-20(18)24(27,28)29)11-13-10-14(25)6-9-16(13)34-2/h4-11,19H,3H2,1-2H3/b17-11-/t19-/m0/s1. The van der Waals surface area contributed by atoms with E-state index >= 15 is 0 Å². The Balaban J connectivity index is 2.06. The molecule has 0 bridgehead atoms. The first-order valence-electron chi connectivity index (χ1n) is 10.4. The Morgan fingerprint density at radius 3 is 2.56 bits per heavy atom. The van der Waals surface area contributed by atoms with Crippen LogP contribution in [-0.4, -0.2) is 30.4 Å². The molecule has 0 spiro atoms. The first-order chi connectivity index (χ1) is 17.0. The maximum absolute atomic E-state index is 14.1. The lowest BCUT2D eigenvalue weighted by molar-refractivity contribution is -0.140. The molecule has 0 radical (unpaired) electrons. The molecule has 1 aromatic heterocycles. The van der Waals surface area contributed by atoms with Crippen LogP contribution in [0.15, 0.2) is 68.0 Å². The lowest BCUT2D eigenvalue weighted by Gasteiger charge is -2.26. The number of fused-ring (bicyclic) bond motifs is 1. The van der Waals surface area contributed by atoms with Gasteiger partial charge in [-0.3, -0.25) is 9.36 Å². The van der Waals surface area contributed by atoms with Gasteiger partial charge < -0.3 is 9.47 Å². The highest BCUT2D eigenvalue weighted by molar-refractivity contribution is 9.10. The monoisotopic (exact) mass is 600 g/mol. The van der Waals surface area contributed by atoms with Gasteiger partial charge in [0.1, 0.15) is 5.75 Å². The highest BCUT2D eigenvalue weighted by Gasteiger charge is 2.45. The smallest absolute Gasteiger partial charge is 0.434 e. The molecule has 1 aliphatic rings. The Labute approximate surface area is 220 Å². The number of alkyl halides is 3. The van der Waals surface area contributed by atoms with Crippen LogP contribution < -0.4 is 19.6 Å². The molecule has 1 aliphatic heterocycles. The van der Waals surface area contributed by atoms with Crippen LogP contribution in [0.2, 0.25) is 5.02 Å². The van der Waals surface area contributed by atoms with E-state index in [9.17, 15) is 22.8 Å². The van der Waals surface area contributed by atoms with Gasteiger partial charge in [0.15, 0.2) is 10.5 Å². The molecule has 12 heteroatoms. The first-order valence-corrected chi connectivity index (χ1v) is 12.4. The van der Waals surface area contributed by atoms with Crippen LogP contribution in [0.4, 0.5) is 13.2 Å². The van der Waals surface area contributed by atoms with Crippen molar-refractivity contribution in [2.24, 2.45) is 4.99 Å². The fraction of sp³-hybridized carbons (Fsp3) is 0.208. The van der Waals surface area contributed by atoms with Gasteiger partial charge in [0.25, 0.3) is 5.56 Å². The van der Waals surface area contributed by atoms with Crippen molar-refractivity contribution in [3.8, 4) is 5.75 Å². The van der Waals surface area contributed by atoms with Gasteiger partial charge in [0.05, 0.1) is 29.9 Å². The summed E-state index contributed by atoms with van der Waals surface area (Å²) in [5.41, 5.74) is -2.03. The number of hydrogen-bond acceptors (Lipinski definition) is 6. The summed E-state index contributed by atoms with van der Waals surface area (Å²) in [4.78, 5) is 29.9. The van der Waals surface area contributed by atoms with Gasteiger partial charge in [-0.05, 0) is 48.9 Å². The molecule has 0 fully saturated rings. The molecule has 0 N–H and O–H groups in total. The summed E-state index contributed by atoms with van der Waals surface area (Å²) in [5, 5.41) is 0.339. The molecule has 4 rings (SSSR count). The zero-order chi connectivity index (χ0) is 26.2. The molecule has 6 nitrogen and oxygen atoms in total. The number of ether oxygens (including phenoxy) is 2. The number of rotatable bonds is 5. The van der Waals surface area contributed by atoms with E-state index in [0.29, 0.717) is 20.8 Å². The summed E-state index contributed by atoms with van der Waals surface area (Å²) in [6, 6.07) is 9.56. The van der Waals surface area contributed by atoms with E-state index in [0.717, 1.165) is 15.9 Å². The van der Waals surface area contributed by atoms with E-state index in [-0.39, 0.29) is 21.5 Å². The summed E-state index contributed by atoms with van der Waals surface area (Å²) in [6.07, 6.45) is -3.47. The van der Waals surface area contributed by atoms with Crippen molar-refractivity contribution in [2.75, 3.05) is 13.7 Å². The van der Waals surface area contributed by atoms with Crippen LogP contribution >= 0.6 is 38.9 Å². The van der Waals surface area contributed by atoms with E-state index in [2.05, 4.69) is 20.9 Å². The third-order valence-corrected chi connectivity index (χ3v) is 6.99. The van der Waals surface area contributed by atoms with Crippen LogP contribution in [-0.2, 0) is 9.53 Å². The number of esters is 1. The average molecular weight is 602 g/mol. The molecule has 36 heavy (non-hydrogen) atoms. The number of thiazole rings is 1. The second-order valence-electron chi connectivity index (χ2n) is 7.50. The van der Waals surface area contributed by atoms with E-state index in [4.69, 9.17) is 21.1 Å².